The molecule has 1 aromatic carbocycles. The average Bonchev–Trinajstić information content (AvgIpc) is 2.70. The van der Waals surface area contributed by atoms with Crippen molar-refractivity contribution in [2.45, 2.75) is 36.6 Å². The van der Waals surface area contributed by atoms with E-state index in [1.807, 2.05) is 0 Å². The molecule has 0 radical (unpaired) electrons. The van der Waals surface area contributed by atoms with Crippen molar-refractivity contribution in [2.75, 3.05) is 0 Å². The number of hydrogen-bond acceptors (Lipinski definition) is 3. The highest BCUT2D eigenvalue weighted by Crippen LogP contribution is 2.24. The van der Waals surface area contributed by atoms with Gasteiger partial charge >= 0.3 is 0 Å². The van der Waals surface area contributed by atoms with Gasteiger partial charge in [0.1, 0.15) is 10.6 Å². The fourth-order valence-corrected chi connectivity index (χ4v) is 3.41. The molecule has 1 aliphatic carbocycles. The second kappa shape index (κ2) is 4.43. The predicted molar refractivity (Wildman–Crippen MR) is 60.7 cm³/mol. The lowest BCUT2D eigenvalue weighted by molar-refractivity contribution is 0.457. The van der Waals surface area contributed by atoms with Crippen LogP contribution in [0.3, 0.4) is 0 Å². The molecule has 1 aromatic rings. The smallest absolute Gasteiger partial charge is 0.244 e. The van der Waals surface area contributed by atoms with Crippen molar-refractivity contribution in [3.63, 3.8) is 0 Å². The third kappa shape index (κ3) is 2.36. The third-order valence-electron chi connectivity index (χ3n) is 2.83. The number of benzene rings is 1. The molecule has 0 amide bonds. The monoisotopic (exact) mass is 241 g/mol. The van der Waals surface area contributed by atoms with Gasteiger partial charge in [-0.05, 0) is 25.0 Å². The molecule has 0 bridgehead atoms. The summed E-state index contributed by atoms with van der Waals surface area (Å²) >= 11 is 0. The molecule has 2 N–H and O–H groups in total. The van der Waals surface area contributed by atoms with E-state index in [9.17, 15) is 13.5 Å². The van der Waals surface area contributed by atoms with Gasteiger partial charge in [-0.15, -0.1) is 0 Å². The maximum atomic E-state index is 11.9. The van der Waals surface area contributed by atoms with Crippen LogP contribution in [0.2, 0.25) is 0 Å². The van der Waals surface area contributed by atoms with E-state index in [4.69, 9.17) is 0 Å². The minimum Gasteiger partial charge on any atom is -0.507 e. The second-order valence-corrected chi connectivity index (χ2v) is 5.75. The van der Waals surface area contributed by atoms with Gasteiger partial charge < -0.3 is 5.11 Å². The van der Waals surface area contributed by atoms with E-state index < -0.39 is 10.0 Å². The van der Waals surface area contributed by atoms with E-state index in [1.165, 1.54) is 12.1 Å². The van der Waals surface area contributed by atoms with Crippen LogP contribution >= 0.6 is 0 Å². The topological polar surface area (TPSA) is 66.4 Å². The molecule has 0 aliphatic heterocycles. The molecule has 0 spiro atoms. The fraction of sp³-hybridized carbons (Fsp3) is 0.455. The Morgan fingerprint density at radius 3 is 2.44 bits per heavy atom. The van der Waals surface area contributed by atoms with Gasteiger partial charge in [0.25, 0.3) is 0 Å². The lowest BCUT2D eigenvalue weighted by atomic mass is 10.3. The van der Waals surface area contributed by atoms with E-state index in [-0.39, 0.29) is 16.7 Å². The highest BCUT2D eigenvalue weighted by molar-refractivity contribution is 7.89. The van der Waals surface area contributed by atoms with Crippen LogP contribution in [0.15, 0.2) is 29.2 Å². The Morgan fingerprint density at radius 1 is 1.19 bits per heavy atom. The molecule has 16 heavy (non-hydrogen) atoms. The Morgan fingerprint density at radius 2 is 1.81 bits per heavy atom. The summed E-state index contributed by atoms with van der Waals surface area (Å²) in [6, 6.07) is 6.01. The summed E-state index contributed by atoms with van der Waals surface area (Å²) in [6.07, 6.45) is 3.89. The predicted octanol–water partition coefficient (Wildman–Crippen LogP) is 1.61. The van der Waals surface area contributed by atoms with Crippen LogP contribution in [0.4, 0.5) is 0 Å². The number of para-hydroxylation sites is 1. The van der Waals surface area contributed by atoms with Crippen molar-refractivity contribution in [3.05, 3.63) is 24.3 Å². The fourth-order valence-electron chi connectivity index (χ4n) is 2.01. The molecular formula is C11H15NO3S. The summed E-state index contributed by atoms with van der Waals surface area (Å²) in [5.74, 6) is -0.201. The number of phenolic OH excluding ortho intramolecular Hbond substituents is 1. The van der Waals surface area contributed by atoms with Gasteiger partial charge in [-0.3, -0.25) is 0 Å². The summed E-state index contributed by atoms with van der Waals surface area (Å²) in [5, 5.41) is 9.50. The van der Waals surface area contributed by atoms with Crippen LogP contribution in [-0.2, 0) is 10.0 Å². The summed E-state index contributed by atoms with van der Waals surface area (Å²) in [6.45, 7) is 0. The SMILES string of the molecule is O=S(=O)(NC1CCCC1)c1ccccc1O. The third-order valence-corrected chi connectivity index (χ3v) is 4.40. The molecular weight excluding hydrogens is 226 g/mol. The summed E-state index contributed by atoms with van der Waals surface area (Å²) in [7, 11) is -3.57. The summed E-state index contributed by atoms with van der Waals surface area (Å²) in [4.78, 5) is -0.0399. The minimum atomic E-state index is -3.57. The van der Waals surface area contributed by atoms with E-state index in [0.29, 0.717) is 0 Å². The number of sulfonamides is 1. The molecule has 88 valence electrons. The van der Waals surface area contributed by atoms with E-state index >= 15 is 0 Å². The molecule has 0 aromatic heterocycles. The second-order valence-electron chi connectivity index (χ2n) is 4.07. The number of rotatable bonds is 3. The van der Waals surface area contributed by atoms with Gasteiger partial charge in [-0.1, -0.05) is 25.0 Å². The van der Waals surface area contributed by atoms with Crippen LogP contribution in [0.1, 0.15) is 25.7 Å². The summed E-state index contributed by atoms with van der Waals surface area (Å²) < 4.78 is 26.5. The van der Waals surface area contributed by atoms with E-state index in [2.05, 4.69) is 4.72 Å². The molecule has 5 heteroatoms. The molecule has 2 rings (SSSR count). The van der Waals surface area contributed by atoms with Gasteiger partial charge in [0.15, 0.2) is 0 Å². The van der Waals surface area contributed by atoms with Crippen LogP contribution in [-0.4, -0.2) is 19.6 Å². The van der Waals surface area contributed by atoms with Gasteiger partial charge in [-0.2, -0.15) is 0 Å². The lowest BCUT2D eigenvalue weighted by Crippen LogP contribution is -2.32. The van der Waals surface area contributed by atoms with E-state index in [1.54, 1.807) is 12.1 Å². The van der Waals surface area contributed by atoms with Crippen LogP contribution in [0, 0.1) is 0 Å². The molecule has 0 heterocycles. The zero-order valence-electron chi connectivity index (χ0n) is 8.89. The van der Waals surface area contributed by atoms with Crippen LogP contribution < -0.4 is 4.72 Å². The summed E-state index contributed by atoms with van der Waals surface area (Å²) in [5.41, 5.74) is 0. The quantitative estimate of drug-likeness (QED) is 0.845. The Balaban J connectivity index is 2.21. The van der Waals surface area contributed by atoms with Crippen molar-refractivity contribution < 1.29 is 13.5 Å². The number of aromatic hydroxyl groups is 1. The first-order valence-electron chi connectivity index (χ1n) is 5.40. The largest absolute Gasteiger partial charge is 0.507 e. The molecule has 4 nitrogen and oxygen atoms in total. The van der Waals surface area contributed by atoms with Crippen molar-refractivity contribution in [2.24, 2.45) is 0 Å². The first kappa shape index (κ1) is 11.4. The molecule has 1 aliphatic rings. The zero-order valence-corrected chi connectivity index (χ0v) is 9.70. The number of phenols is 1. The first-order valence-corrected chi connectivity index (χ1v) is 6.88. The Hall–Kier alpha value is -1.07. The molecule has 0 saturated heterocycles. The highest BCUT2D eigenvalue weighted by Gasteiger charge is 2.24. The Kier molecular flexibility index (Phi) is 3.16. The van der Waals surface area contributed by atoms with Crippen molar-refractivity contribution in [1.29, 1.82) is 0 Å². The average molecular weight is 241 g/mol. The molecule has 1 saturated carbocycles. The van der Waals surface area contributed by atoms with Crippen molar-refractivity contribution in [1.82, 2.24) is 4.72 Å². The van der Waals surface area contributed by atoms with Crippen LogP contribution in [0.5, 0.6) is 5.75 Å². The lowest BCUT2D eigenvalue weighted by Gasteiger charge is -2.13. The minimum absolute atomic E-state index is 0.0182. The molecule has 0 unspecified atom stereocenters. The van der Waals surface area contributed by atoms with Gasteiger partial charge in [0.05, 0.1) is 0 Å². The van der Waals surface area contributed by atoms with E-state index in [0.717, 1.165) is 25.7 Å². The number of hydrogen-bond donors (Lipinski definition) is 2. The van der Waals surface area contributed by atoms with Gasteiger partial charge in [-0.25, -0.2) is 13.1 Å². The highest BCUT2D eigenvalue weighted by atomic mass is 32.2. The Labute approximate surface area is 95.4 Å². The normalized spacial score (nSPS) is 17.8. The molecule has 0 atom stereocenters. The van der Waals surface area contributed by atoms with Crippen molar-refractivity contribution >= 4 is 10.0 Å². The van der Waals surface area contributed by atoms with Gasteiger partial charge in [0, 0.05) is 6.04 Å². The Bertz CT molecular complexity index is 464. The van der Waals surface area contributed by atoms with Crippen LogP contribution in [0.25, 0.3) is 0 Å². The zero-order chi connectivity index (χ0) is 11.6. The maximum Gasteiger partial charge on any atom is 0.244 e. The standard InChI is InChI=1S/C11H15NO3S/c13-10-7-3-4-8-11(10)16(14,15)12-9-5-1-2-6-9/h3-4,7-9,12-13H,1-2,5-6H2. The number of nitrogens with one attached hydrogen (secondary N) is 1. The van der Waals surface area contributed by atoms with Crippen molar-refractivity contribution in [3.8, 4) is 5.75 Å². The molecule has 1 fully saturated rings. The maximum absolute atomic E-state index is 11.9. The van der Waals surface area contributed by atoms with Gasteiger partial charge in [0.2, 0.25) is 10.0 Å². The first-order chi connectivity index (χ1) is 7.59.